The third kappa shape index (κ3) is 4.00. The zero-order chi connectivity index (χ0) is 15.5. The largest absolute Gasteiger partial charge is 0.334 e. The summed E-state index contributed by atoms with van der Waals surface area (Å²) >= 11 is 1.51. The van der Waals surface area contributed by atoms with E-state index >= 15 is 0 Å². The number of amides is 2. The van der Waals surface area contributed by atoms with Gasteiger partial charge in [0.2, 0.25) is 5.91 Å². The number of nitrogens with zero attached hydrogens (tertiary/aromatic N) is 1. The van der Waals surface area contributed by atoms with Crippen molar-refractivity contribution in [2.75, 3.05) is 30.7 Å². The summed E-state index contributed by atoms with van der Waals surface area (Å²) in [6, 6.07) is 5.89. The Hall–Kier alpha value is -1.24. The molecule has 3 rings (SSSR count). The van der Waals surface area contributed by atoms with Gasteiger partial charge in [0.1, 0.15) is 0 Å². The lowest BCUT2D eigenvalue weighted by Crippen LogP contribution is -2.42. The van der Waals surface area contributed by atoms with Gasteiger partial charge in [0.15, 0.2) is 0 Å². The van der Waals surface area contributed by atoms with Crippen molar-refractivity contribution < 1.29 is 9.59 Å². The fraction of sp³-hybridized carbons (Fsp3) is 0.500. The van der Waals surface area contributed by atoms with Crippen LogP contribution in [0.3, 0.4) is 0 Å². The highest BCUT2D eigenvalue weighted by atomic mass is 35.5. The van der Waals surface area contributed by atoms with Crippen LogP contribution >= 0.6 is 24.2 Å². The zero-order valence-corrected chi connectivity index (χ0v) is 14.8. The fourth-order valence-corrected chi connectivity index (χ4v) is 3.77. The molecule has 1 fully saturated rings. The van der Waals surface area contributed by atoms with Crippen molar-refractivity contribution in [1.82, 2.24) is 10.2 Å². The molecule has 0 saturated carbocycles. The monoisotopic (exact) mass is 355 g/mol. The first kappa shape index (κ1) is 18.1. The SMILES string of the molecule is CCCN(C(=O)c1ccc2c(c1)NC(=O)CS2)C1CCNC1.Cl. The number of anilines is 1. The van der Waals surface area contributed by atoms with Crippen molar-refractivity contribution in [3.05, 3.63) is 23.8 Å². The van der Waals surface area contributed by atoms with Crippen LogP contribution in [-0.4, -0.2) is 48.1 Å². The third-order valence-electron chi connectivity index (χ3n) is 4.06. The highest BCUT2D eigenvalue weighted by Gasteiger charge is 2.27. The van der Waals surface area contributed by atoms with E-state index in [1.165, 1.54) is 11.8 Å². The Kier molecular flexibility index (Phi) is 6.33. The number of nitrogens with one attached hydrogen (secondary N) is 2. The van der Waals surface area contributed by atoms with Gasteiger partial charge >= 0.3 is 0 Å². The molecule has 2 aliphatic heterocycles. The molecule has 1 saturated heterocycles. The summed E-state index contributed by atoms with van der Waals surface area (Å²) in [6.07, 6.45) is 1.95. The van der Waals surface area contributed by atoms with Crippen LogP contribution < -0.4 is 10.6 Å². The quantitative estimate of drug-likeness (QED) is 0.870. The molecular weight excluding hydrogens is 334 g/mol. The second kappa shape index (κ2) is 8.04. The molecule has 2 aliphatic rings. The Morgan fingerprint density at radius 2 is 2.26 bits per heavy atom. The van der Waals surface area contributed by atoms with Crippen LogP contribution in [0.4, 0.5) is 5.69 Å². The molecule has 1 unspecified atom stereocenters. The number of carbonyl (C=O) groups is 2. The van der Waals surface area contributed by atoms with Crippen LogP contribution in [-0.2, 0) is 4.79 Å². The average molecular weight is 356 g/mol. The van der Waals surface area contributed by atoms with Gasteiger partial charge < -0.3 is 15.5 Å². The van der Waals surface area contributed by atoms with E-state index in [-0.39, 0.29) is 30.3 Å². The molecule has 2 N–H and O–H groups in total. The highest BCUT2D eigenvalue weighted by Crippen LogP contribution is 2.32. The van der Waals surface area contributed by atoms with Crippen molar-refractivity contribution in [2.45, 2.75) is 30.7 Å². The Bertz CT molecular complexity index is 591. The predicted octanol–water partition coefficient (Wildman–Crippen LogP) is 2.37. The van der Waals surface area contributed by atoms with Crippen molar-refractivity contribution in [1.29, 1.82) is 0 Å². The predicted molar refractivity (Wildman–Crippen MR) is 95.6 cm³/mol. The maximum absolute atomic E-state index is 12.9. The molecule has 1 atom stereocenters. The van der Waals surface area contributed by atoms with Crippen molar-refractivity contribution in [3.63, 3.8) is 0 Å². The van der Waals surface area contributed by atoms with E-state index in [1.54, 1.807) is 0 Å². The summed E-state index contributed by atoms with van der Waals surface area (Å²) in [5.74, 6) is 0.492. The minimum absolute atomic E-state index is 0. The summed E-state index contributed by atoms with van der Waals surface area (Å²) in [6.45, 7) is 4.69. The van der Waals surface area contributed by atoms with Gasteiger partial charge in [-0.1, -0.05) is 6.92 Å². The molecule has 0 spiro atoms. The standard InChI is InChI=1S/C16H21N3O2S.ClH/c1-2-7-19(12-5-6-17-9-12)16(21)11-3-4-14-13(8-11)18-15(20)10-22-14;/h3-4,8,12,17H,2,5-7,9-10H2,1H3,(H,18,20);1H. The molecule has 126 valence electrons. The van der Waals surface area contributed by atoms with Gasteiger partial charge in [0.05, 0.1) is 11.4 Å². The zero-order valence-electron chi connectivity index (χ0n) is 13.1. The number of benzene rings is 1. The molecule has 2 amide bonds. The number of halogens is 1. The number of thioether (sulfide) groups is 1. The smallest absolute Gasteiger partial charge is 0.254 e. The van der Waals surface area contributed by atoms with Crippen LogP contribution in [0.15, 0.2) is 23.1 Å². The Labute approximate surface area is 147 Å². The molecule has 0 bridgehead atoms. The first-order valence-corrected chi connectivity index (χ1v) is 8.76. The lowest BCUT2D eigenvalue weighted by atomic mass is 10.1. The van der Waals surface area contributed by atoms with Gasteiger partial charge in [-0.05, 0) is 37.6 Å². The van der Waals surface area contributed by atoms with Crippen molar-refractivity contribution in [2.24, 2.45) is 0 Å². The van der Waals surface area contributed by atoms with Crippen LogP contribution in [0.5, 0.6) is 0 Å². The molecule has 0 aliphatic carbocycles. The molecule has 1 aromatic carbocycles. The van der Waals surface area contributed by atoms with E-state index in [0.717, 1.165) is 43.1 Å². The second-order valence-electron chi connectivity index (χ2n) is 5.69. The Morgan fingerprint density at radius 3 is 2.96 bits per heavy atom. The van der Waals surface area contributed by atoms with Crippen molar-refractivity contribution >= 4 is 41.7 Å². The van der Waals surface area contributed by atoms with Crippen LogP contribution in [0.2, 0.25) is 0 Å². The third-order valence-corrected chi connectivity index (χ3v) is 5.13. The number of hydrogen-bond donors (Lipinski definition) is 2. The maximum atomic E-state index is 12.9. The molecule has 5 nitrogen and oxygen atoms in total. The Morgan fingerprint density at radius 1 is 1.43 bits per heavy atom. The molecule has 0 radical (unpaired) electrons. The van der Waals surface area contributed by atoms with Gasteiger partial charge in [-0.2, -0.15) is 0 Å². The maximum Gasteiger partial charge on any atom is 0.254 e. The molecule has 7 heteroatoms. The van der Waals surface area contributed by atoms with E-state index in [2.05, 4.69) is 17.6 Å². The fourth-order valence-electron chi connectivity index (χ4n) is 2.98. The van der Waals surface area contributed by atoms with E-state index < -0.39 is 0 Å². The number of rotatable bonds is 4. The minimum atomic E-state index is -0.00694. The topological polar surface area (TPSA) is 61.4 Å². The summed E-state index contributed by atoms with van der Waals surface area (Å²) in [5.41, 5.74) is 1.41. The normalized spacial score (nSPS) is 19.5. The van der Waals surface area contributed by atoms with Gasteiger partial charge in [-0.25, -0.2) is 0 Å². The van der Waals surface area contributed by atoms with E-state index in [1.807, 2.05) is 23.1 Å². The summed E-state index contributed by atoms with van der Waals surface area (Å²) in [7, 11) is 0. The number of carbonyl (C=O) groups excluding carboxylic acids is 2. The van der Waals surface area contributed by atoms with Gasteiger partial charge in [0.25, 0.3) is 5.91 Å². The van der Waals surface area contributed by atoms with Crippen molar-refractivity contribution in [3.8, 4) is 0 Å². The summed E-state index contributed by atoms with van der Waals surface area (Å²) in [4.78, 5) is 27.4. The lowest BCUT2D eigenvalue weighted by molar-refractivity contribution is -0.113. The molecule has 2 heterocycles. The van der Waals surface area contributed by atoms with E-state index in [0.29, 0.717) is 11.3 Å². The van der Waals surface area contributed by atoms with Gasteiger partial charge in [0, 0.05) is 29.6 Å². The van der Waals surface area contributed by atoms with Crippen LogP contribution in [0, 0.1) is 0 Å². The summed E-state index contributed by atoms with van der Waals surface area (Å²) in [5, 5.41) is 6.17. The van der Waals surface area contributed by atoms with Gasteiger partial charge in [-0.3, -0.25) is 9.59 Å². The lowest BCUT2D eigenvalue weighted by Gasteiger charge is -2.29. The second-order valence-corrected chi connectivity index (χ2v) is 6.71. The van der Waals surface area contributed by atoms with Gasteiger partial charge in [-0.15, -0.1) is 24.2 Å². The van der Waals surface area contributed by atoms with E-state index in [4.69, 9.17) is 0 Å². The first-order chi connectivity index (χ1) is 10.7. The number of hydrogen-bond acceptors (Lipinski definition) is 4. The molecular formula is C16H22ClN3O2S. The average Bonchev–Trinajstić information content (AvgIpc) is 3.05. The summed E-state index contributed by atoms with van der Waals surface area (Å²) < 4.78 is 0. The molecule has 1 aromatic rings. The molecule has 23 heavy (non-hydrogen) atoms. The van der Waals surface area contributed by atoms with Crippen LogP contribution in [0.1, 0.15) is 30.1 Å². The minimum Gasteiger partial charge on any atom is -0.334 e. The Balaban J connectivity index is 0.00000192. The first-order valence-electron chi connectivity index (χ1n) is 7.77. The highest BCUT2D eigenvalue weighted by molar-refractivity contribution is 8.00. The molecule has 0 aromatic heterocycles. The number of fused-ring (bicyclic) bond motifs is 1. The van der Waals surface area contributed by atoms with Crippen LogP contribution in [0.25, 0.3) is 0 Å². The van der Waals surface area contributed by atoms with E-state index in [9.17, 15) is 9.59 Å².